The minimum atomic E-state index is -0.719. The maximum absolute atomic E-state index is 12.3. The number of carbonyl (C=O) groups is 2. The number of ketones is 1. The smallest absolute Gasteiger partial charge is 0.235 e. The zero-order chi connectivity index (χ0) is 26.1. The second-order valence-electron chi connectivity index (χ2n) is 8.15. The van der Waals surface area contributed by atoms with Gasteiger partial charge in [-0.25, -0.2) is 4.98 Å². The van der Waals surface area contributed by atoms with E-state index in [-0.39, 0.29) is 5.78 Å². The largest absolute Gasteiger partial charge is 0.368 e. The fraction of sp³-hybridized carbons (Fsp3) is 0.250. The molecule has 0 saturated carbocycles. The summed E-state index contributed by atoms with van der Waals surface area (Å²) in [7, 11) is 0. The summed E-state index contributed by atoms with van der Waals surface area (Å²) < 4.78 is 0. The summed E-state index contributed by atoms with van der Waals surface area (Å²) in [6, 6.07) is 21.6. The molecule has 0 radical (unpaired) electrons. The van der Waals surface area contributed by atoms with Crippen molar-refractivity contribution < 1.29 is 9.59 Å². The average Bonchev–Trinajstić information content (AvgIpc) is 2.89. The van der Waals surface area contributed by atoms with Crippen molar-refractivity contribution in [1.29, 1.82) is 10.5 Å². The highest BCUT2D eigenvalue weighted by atomic mass is 32.2. The number of nitrogens with zero attached hydrogens (tertiary/aromatic N) is 3. The van der Waals surface area contributed by atoms with Gasteiger partial charge in [-0.1, -0.05) is 73.3 Å². The van der Waals surface area contributed by atoms with Gasteiger partial charge in [-0.3, -0.25) is 4.79 Å². The number of hydrogen-bond acceptors (Lipinski definition) is 7. The molecular formula is C28H26N4O2S2. The van der Waals surface area contributed by atoms with E-state index in [0.29, 0.717) is 51.8 Å². The van der Waals surface area contributed by atoms with Crippen LogP contribution in [0.25, 0.3) is 0 Å². The van der Waals surface area contributed by atoms with Crippen LogP contribution >= 0.6 is 23.5 Å². The van der Waals surface area contributed by atoms with E-state index in [2.05, 4.69) is 17.1 Å². The molecule has 2 aromatic carbocycles. The van der Waals surface area contributed by atoms with Crippen LogP contribution < -0.4 is 5.73 Å². The quantitative estimate of drug-likeness (QED) is 0.334. The first-order valence-electron chi connectivity index (χ1n) is 11.5. The van der Waals surface area contributed by atoms with Crippen LogP contribution in [0.5, 0.6) is 0 Å². The molecule has 0 bridgehead atoms. The average molecular weight is 515 g/mol. The molecule has 36 heavy (non-hydrogen) atoms. The summed E-state index contributed by atoms with van der Waals surface area (Å²) in [6.45, 7) is 3.48. The van der Waals surface area contributed by atoms with Crippen LogP contribution in [0.4, 0.5) is 0 Å². The predicted molar refractivity (Wildman–Crippen MR) is 142 cm³/mol. The minimum Gasteiger partial charge on any atom is -0.368 e. The molecule has 0 aliphatic rings. The van der Waals surface area contributed by atoms with Gasteiger partial charge < -0.3 is 10.5 Å². The van der Waals surface area contributed by atoms with Crippen LogP contribution in [0.2, 0.25) is 0 Å². The number of nitrogens with two attached hydrogens (primary N) is 1. The van der Waals surface area contributed by atoms with Gasteiger partial charge >= 0.3 is 0 Å². The Balaban J connectivity index is 1.92. The number of rotatable bonds is 11. The van der Waals surface area contributed by atoms with E-state index in [1.807, 2.05) is 61.5 Å². The number of hydrogen-bond donors (Lipinski definition) is 1. The third-order valence-electron chi connectivity index (χ3n) is 5.57. The topological polar surface area (TPSA) is 121 Å². The molecule has 0 fully saturated rings. The summed E-state index contributed by atoms with van der Waals surface area (Å²) in [5.74, 6) is 0.210. The SMILES string of the molecule is CCc1c(C#N)c(SCc2ccc(CCC(C)=O)cc2)nc(SC(C(N)=O)c2ccccc2)c1C#N. The molecule has 1 aromatic heterocycles. The highest BCUT2D eigenvalue weighted by molar-refractivity contribution is 8.00. The van der Waals surface area contributed by atoms with Crippen molar-refractivity contribution in [3.8, 4) is 12.1 Å². The normalized spacial score (nSPS) is 11.3. The van der Waals surface area contributed by atoms with Gasteiger partial charge in [-0.05, 0) is 42.0 Å². The molecule has 0 saturated heterocycles. The highest BCUT2D eigenvalue weighted by Gasteiger charge is 2.25. The van der Waals surface area contributed by atoms with Crippen LogP contribution in [0.15, 0.2) is 64.6 Å². The van der Waals surface area contributed by atoms with Crippen molar-refractivity contribution in [2.45, 2.75) is 54.2 Å². The third kappa shape index (κ3) is 6.75. The number of aromatic nitrogens is 1. The Morgan fingerprint density at radius 3 is 2.14 bits per heavy atom. The molecule has 1 unspecified atom stereocenters. The highest BCUT2D eigenvalue weighted by Crippen LogP contribution is 2.40. The minimum absolute atomic E-state index is 0.164. The number of thioether (sulfide) groups is 2. The van der Waals surface area contributed by atoms with Gasteiger partial charge in [0, 0.05) is 12.2 Å². The van der Waals surface area contributed by atoms with Crippen LogP contribution in [-0.2, 0) is 28.2 Å². The van der Waals surface area contributed by atoms with Crippen molar-refractivity contribution in [3.63, 3.8) is 0 Å². The summed E-state index contributed by atoms with van der Waals surface area (Å²) >= 11 is 2.55. The molecule has 182 valence electrons. The van der Waals surface area contributed by atoms with Gasteiger partial charge in [0.15, 0.2) is 0 Å². The summed E-state index contributed by atoms with van der Waals surface area (Å²) in [6.07, 6.45) is 1.71. The predicted octanol–water partition coefficient (Wildman–Crippen LogP) is 5.52. The molecule has 8 heteroatoms. The molecule has 6 nitrogen and oxygen atoms in total. The summed E-state index contributed by atoms with van der Waals surface area (Å²) in [5.41, 5.74) is 9.89. The van der Waals surface area contributed by atoms with Gasteiger partial charge in [0.25, 0.3) is 0 Å². The number of Topliss-reactive ketones (excluding diaryl/α,β-unsaturated/α-hetero) is 1. The maximum Gasteiger partial charge on any atom is 0.235 e. The van der Waals surface area contributed by atoms with Gasteiger partial charge in [-0.2, -0.15) is 10.5 Å². The lowest BCUT2D eigenvalue weighted by molar-refractivity contribution is -0.118. The lowest BCUT2D eigenvalue weighted by Crippen LogP contribution is -2.19. The number of pyridine rings is 1. The summed E-state index contributed by atoms with van der Waals surface area (Å²) in [4.78, 5) is 28.2. The maximum atomic E-state index is 12.3. The van der Waals surface area contributed by atoms with E-state index in [1.165, 1.54) is 11.8 Å². The van der Waals surface area contributed by atoms with E-state index in [4.69, 9.17) is 5.73 Å². The van der Waals surface area contributed by atoms with Crippen molar-refractivity contribution in [2.75, 3.05) is 0 Å². The van der Waals surface area contributed by atoms with E-state index in [0.717, 1.165) is 28.5 Å². The number of aryl methyl sites for hydroxylation is 1. The molecule has 0 spiro atoms. The van der Waals surface area contributed by atoms with Crippen LogP contribution in [-0.4, -0.2) is 16.7 Å². The van der Waals surface area contributed by atoms with Gasteiger partial charge in [0.1, 0.15) is 33.2 Å². The van der Waals surface area contributed by atoms with Crippen LogP contribution in [0.1, 0.15) is 58.9 Å². The Bertz CT molecular complexity index is 1330. The first-order valence-corrected chi connectivity index (χ1v) is 13.3. The lowest BCUT2D eigenvalue weighted by Gasteiger charge is -2.17. The second-order valence-corrected chi connectivity index (χ2v) is 10.2. The van der Waals surface area contributed by atoms with Crippen molar-refractivity contribution in [2.24, 2.45) is 5.73 Å². The molecule has 3 aromatic rings. The molecule has 1 atom stereocenters. The van der Waals surface area contributed by atoms with Gasteiger partial charge in [0.05, 0.1) is 11.1 Å². The number of amides is 1. The van der Waals surface area contributed by atoms with Gasteiger partial charge in [0.2, 0.25) is 5.91 Å². The van der Waals surface area contributed by atoms with Crippen molar-refractivity contribution in [3.05, 3.63) is 88.0 Å². The zero-order valence-corrected chi connectivity index (χ0v) is 21.8. The molecule has 2 N–H and O–H groups in total. The molecule has 0 aliphatic heterocycles. The fourth-order valence-corrected chi connectivity index (χ4v) is 5.75. The van der Waals surface area contributed by atoms with E-state index in [1.54, 1.807) is 6.92 Å². The Labute approximate surface area is 219 Å². The molecule has 0 aliphatic carbocycles. The Morgan fingerprint density at radius 1 is 0.972 bits per heavy atom. The van der Waals surface area contributed by atoms with Crippen LogP contribution in [0, 0.1) is 22.7 Å². The molecule has 3 rings (SSSR count). The number of primary amides is 1. The zero-order valence-electron chi connectivity index (χ0n) is 20.2. The Morgan fingerprint density at radius 2 is 1.58 bits per heavy atom. The first kappa shape index (κ1) is 27.0. The van der Waals surface area contributed by atoms with Crippen LogP contribution in [0.3, 0.4) is 0 Å². The second kappa shape index (κ2) is 12.9. The fourth-order valence-electron chi connectivity index (χ4n) is 3.67. The number of nitriles is 2. The van der Waals surface area contributed by atoms with Crippen molar-refractivity contribution in [1.82, 2.24) is 4.98 Å². The molecule has 1 amide bonds. The third-order valence-corrected chi connectivity index (χ3v) is 7.87. The first-order chi connectivity index (χ1) is 17.4. The summed E-state index contributed by atoms with van der Waals surface area (Å²) in [5, 5.41) is 20.0. The monoisotopic (exact) mass is 514 g/mol. The van der Waals surface area contributed by atoms with Gasteiger partial charge in [-0.15, -0.1) is 11.8 Å². The number of benzene rings is 2. The Kier molecular flexibility index (Phi) is 9.69. The van der Waals surface area contributed by atoms with E-state index >= 15 is 0 Å². The van der Waals surface area contributed by atoms with Crippen molar-refractivity contribution >= 4 is 35.2 Å². The lowest BCUT2D eigenvalue weighted by atomic mass is 10.0. The molecular weight excluding hydrogens is 488 g/mol. The standard InChI is InChI=1S/C28H26N4O2S2/c1-3-22-23(15-29)27(35-17-20-13-11-19(12-14-20)10-9-18(2)33)32-28(24(22)16-30)36-25(26(31)34)21-7-5-4-6-8-21/h4-8,11-14,25H,3,9-10,17H2,1-2H3,(H2,31,34). The Hall–Kier alpha value is -3.59. The van der Waals surface area contributed by atoms with E-state index in [9.17, 15) is 20.1 Å². The van der Waals surface area contributed by atoms with E-state index < -0.39 is 11.2 Å². The number of carbonyl (C=O) groups excluding carboxylic acids is 2. The molecule has 1 heterocycles.